The van der Waals surface area contributed by atoms with Crippen LogP contribution in [0.4, 0.5) is 11.5 Å². The van der Waals surface area contributed by atoms with Gasteiger partial charge in [0.15, 0.2) is 0 Å². The first-order valence-electron chi connectivity index (χ1n) is 6.33. The van der Waals surface area contributed by atoms with Crippen LogP contribution >= 0.6 is 0 Å². The standard InChI is InChI=1S/C15H17N3O3/c1-18(2)14-7-4-10(9-16-14)15(20)17-12-8-11(21-3)5-6-13(12)19/h4-9,19H,1-3H3,(H,17,20). The summed E-state index contributed by atoms with van der Waals surface area (Å²) in [5.41, 5.74) is 0.693. The van der Waals surface area contributed by atoms with Crippen molar-refractivity contribution in [1.82, 2.24) is 4.98 Å². The first kappa shape index (κ1) is 14.6. The van der Waals surface area contributed by atoms with Crippen LogP contribution in [0.1, 0.15) is 10.4 Å². The zero-order chi connectivity index (χ0) is 15.4. The summed E-state index contributed by atoms with van der Waals surface area (Å²) in [6, 6.07) is 8.05. The van der Waals surface area contributed by atoms with Crippen molar-refractivity contribution in [1.29, 1.82) is 0 Å². The molecule has 0 radical (unpaired) electrons. The van der Waals surface area contributed by atoms with Gasteiger partial charge in [-0.05, 0) is 24.3 Å². The first-order valence-corrected chi connectivity index (χ1v) is 6.33. The Morgan fingerprint density at radius 1 is 1.29 bits per heavy atom. The van der Waals surface area contributed by atoms with Crippen LogP contribution in [-0.4, -0.2) is 37.2 Å². The molecular formula is C15H17N3O3. The number of benzene rings is 1. The minimum Gasteiger partial charge on any atom is -0.506 e. The zero-order valence-corrected chi connectivity index (χ0v) is 12.1. The van der Waals surface area contributed by atoms with Gasteiger partial charge in [-0.25, -0.2) is 4.98 Å². The van der Waals surface area contributed by atoms with Crippen LogP contribution in [0.3, 0.4) is 0 Å². The highest BCUT2D eigenvalue weighted by Gasteiger charge is 2.11. The first-order chi connectivity index (χ1) is 10.0. The maximum atomic E-state index is 12.1. The Kier molecular flexibility index (Phi) is 4.27. The molecule has 0 spiro atoms. The number of aromatic hydroxyl groups is 1. The normalized spacial score (nSPS) is 10.0. The Hall–Kier alpha value is -2.76. The molecule has 1 heterocycles. The molecule has 6 nitrogen and oxygen atoms in total. The molecule has 0 aliphatic heterocycles. The summed E-state index contributed by atoms with van der Waals surface area (Å²) >= 11 is 0. The molecule has 2 aromatic rings. The van der Waals surface area contributed by atoms with E-state index in [4.69, 9.17) is 4.74 Å². The van der Waals surface area contributed by atoms with E-state index in [0.717, 1.165) is 5.82 Å². The van der Waals surface area contributed by atoms with E-state index in [1.165, 1.54) is 19.4 Å². The molecular weight excluding hydrogens is 270 g/mol. The molecule has 0 saturated heterocycles. The number of nitrogens with one attached hydrogen (secondary N) is 1. The number of phenols is 1. The van der Waals surface area contributed by atoms with Gasteiger partial charge < -0.3 is 20.1 Å². The highest BCUT2D eigenvalue weighted by Crippen LogP contribution is 2.28. The Morgan fingerprint density at radius 3 is 2.62 bits per heavy atom. The number of anilines is 2. The van der Waals surface area contributed by atoms with E-state index in [1.807, 2.05) is 19.0 Å². The Morgan fingerprint density at radius 2 is 2.05 bits per heavy atom. The van der Waals surface area contributed by atoms with E-state index in [2.05, 4.69) is 10.3 Å². The van der Waals surface area contributed by atoms with Crippen molar-refractivity contribution in [2.75, 3.05) is 31.4 Å². The molecule has 0 unspecified atom stereocenters. The molecule has 0 bridgehead atoms. The number of aromatic nitrogens is 1. The summed E-state index contributed by atoms with van der Waals surface area (Å²) < 4.78 is 5.06. The molecule has 2 rings (SSSR count). The Bertz CT molecular complexity index is 639. The zero-order valence-electron chi connectivity index (χ0n) is 12.1. The third-order valence-electron chi connectivity index (χ3n) is 2.92. The lowest BCUT2D eigenvalue weighted by Gasteiger charge is -2.12. The monoisotopic (exact) mass is 287 g/mol. The quantitative estimate of drug-likeness (QED) is 0.842. The molecule has 0 fully saturated rings. The molecule has 6 heteroatoms. The molecule has 1 aromatic carbocycles. The maximum Gasteiger partial charge on any atom is 0.257 e. The van der Waals surface area contributed by atoms with Crippen molar-refractivity contribution in [3.63, 3.8) is 0 Å². The number of nitrogens with zero attached hydrogens (tertiary/aromatic N) is 2. The molecule has 1 amide bonds. The minimum absolute atomic E-state index is 0.0259. The molecule has 2 N–H and O–H groups in total. The second kappa shape index (κ2) is 6.13. The summed E-state index contributed by atoms with van der Waals surface area (Å²) in [5, 5.41) is 12.4. The molecule has 0 aliphatic carbocycles. The topological polar surface area (TPSA) is 74.7 Å². The van der Waals surface area contributed by atoms with Crippen molar-refractivity contribution in [3.8, 4) is 11.5 Å². The van der Waals surface area contributed by atoms with Crippen molar-refractivity contribution < 1.29 is 14.6 Å². The van der Waals surface area contributed by atoms with E-state index in [1.54, 1.807) is 24.3 Å². The smallest absolute Gasteiger partial charge is 0.257 e. The summed E-state index contributed by atoms with van der Waals surface area (Å²) in [4.78, 5) is 18.1. The lowest BCUT2D eigenvalue weighted by atomic mass is 10.2. The molecule has 110 valence electrons. The van der Waals surface area contributed by atoms with E-state index < -0.39 is 0 Å². The van der Waals surface area contributed by atoms with Crippen LogP contribution < -0.4 is 15.0 Å². The number of hydrogen-bond donors (Lipinski definition) is 2. The number of amides is 1. The van der Waals surface area contributed by atoms with Gasteiger partial charge in [0.1, 0.15) is 17.3 Å². The summed E-state index contributed by atoms with van der Waals surface area (Å²) in [6.45, 7) is 0. The van der Waals surface area contributed by atoms with Crippen LogP contribution in [-0.2, 0) is 0 Å². The van der Waals surface area contributed by atoms with Crippen molar-refractivity contribution >= 4 is 17.4 Å². The second-order valence-corrected chi connectivity index (χ2v) is 4.64. The summed E-state index contributed by atoms with van der Waals surface area (Å²) in [6.07, 6.45) is 1.49. The Balaban J connectivity index is 2.17. The van der Waals surface area contributed by atoms with E-state index in [-0.39, 0.29) is 17.3 Å². The van der Waals surface area contributed by atoms with Crippen LogP contribution in [0.25, 0.3) is 0 Å². The van der Waals surface area contributed by atoms with Gasteiger partial charge in [-0.3, -0.25) is 4.79 Å². The average Bonchev–Trinajstić information content (AvgIpc) is 2.49. The van der Waals surface area contributed by atoms with Gasteiger partial charge >= 0.3 is 0 Å². The third kappa shape index (κ3) is 3.42. The second-order valence-electron chi connectivity index (χ2n) is 4.64. The van der Waals surface area contributed by atoms with Crippen molar-refractivity contribution in [2.24, 2.45) is 0 Å². The third-order valence-corrected chi connectivity index (χ3v) is 2.92. The van der Waals surface area contributed by atoms with E-state index in [0.29, 0.717) is 11.3 Å². The largest absolute Gasteiger partial charge is 0.506 e. The van der Waals surface area contributed by atoms with Gasteiger partial charge in [-0.15, -0.1) is 0 Å². The van der Waals surface area contributed by atoms with E-state index >= 15 is 0 Å². The number of rotatable bonds is 4. The average molecular weight is 287 g/mol. The maximum absolute atomic E-state index is 12.1. The van der Waals surface area contributed by atoms with Crippen LogP contribution in [0.15, 0.2) is 36.5 Å². The molecule has 1 aromatic heterocycles. The molecule has 21 heavy (non-hydrogen) atoms. The highest BCUT2D eigenvalue weighted by atomic mass is 16.5. The summed E-state index contributed by atoms with van der Waals surface area (Å²) in [7, 11) is 5.26. The molecule has 0 aliphatic rings. The number of carbonyl (C=O) groups is 1. The number of hydrogen-bond acceptors (Lipinski definition) is 5. The van der Waals surface area contributed by atoms with Gasteiger partial charge in [0, 0.05) is 26.4 Å². The van der Waals surface area contributed by atoms with Crippen LogP contribution in [0.5, 0.6) is 11.5 Å². The number of carbonyl (C=O) groups excluding carboxylic acids is 1. The van der Waals surface area contributed by atoms with Crippen LogP contribution in [0.2, 0.25) is 0 Å². The van der Waals surface area contributed by atoms with E-state index in [9.17, 15) is 9.90 Å². The van der Waals surface area contributed by atoms with Crippen LogP contribution in [0, 0.1) is 0 Å². The predicted molar refractivity (Wildman–Crippen MR) is 81.2 cm³/mol. The molecule has 0 saturated carbocycles. The SMILES string of the molecule is COc1ccc(O)c(NC(=O)c2ccc(N(C)C)nc2)c1. The number of ether oxygens (including phenoxy) is 1. The van der Waals surface area contributed by atoms with Gasteiger partial charge in [0.25, 0.3) is 5.91 Å². The lowest BCUT2D eigenvalue weighted by Crippen LogP contribution is -2.14. The van der Waals surface area contributed by atoms with Gasteiger partial charge in [-0.2, -0.15) is 0 Å². The lowest BCUT2D eigenvalue weighted by molar-refractivity contribution is 0.102. The van der Waals surface area contributed by atoms with Gasteiger partial charge in [0.2, 0.25) is 0 Å². The fourth-order valence-electron chi connectivity index (χ4n) is 1.72. The van der Waals surface area contributed by atoms with Crippen molar-refractivity contribution in [3.05, 3.63) is 42.1 Å². The Labute approximate surface area is 123 Å². The van der Waals surface area contributed by atoms with Gasteiger partial charge in [-0.1, -0.05) is 0 Å². The summed E-state index contributed by atoms with van der Waals surface area (Å²) in [5.74, 6) is 0.929. The number of pyridine rings is 1. The fraction of sp³-hybridized carbons (Fsp3) is 0.200. The highest BCUT2D eigenvalue weighted by molar-refractivity contribution is 6.05. The van der Waals surface area contributed by atoms with Gasteiger partial charge in [0.05, 0.1) is 18.4 Å². The molecule has 0 atom stereocenters. The fourth-order valence-corrected chi connectivity index (χ4v) is 1.72. The minimum atomic E-state index is -0.351. The predicted octanol–water partition coefficient (Wildman–Crippen LogP) is 2.11. The van der Waals surface area contributed by atoms with Crippen molar-refractivity contribution in [2.45, 2.75) is 0 Å². The number of phenolic OH excluding ortho intramolecular Hbond substituents is 1. The number of methoxy groups -OCH3 is 1.